The van der Waals surface area contributed by atoms with Crippen molar-refractivity contribution in [1.29, 1.82) is 0 Å². The minimum absolute atomic E-state index is 0.202. The first-order valence-electron chi connectivity index (χ1n) is 7.00. The second-order valence-corrected chi connectivity index (χ2v) is 4.63. The van der Waals surface area contributed by atoms with Gasteiger partial charge in [0, 0.05) is 12.6 Å². The van der Waals surface area contributed by atoms with Crippen molar-refractivity contribution in [3.05, 3.63) is 23.8 Å². The van der Waals surface area contributed by atoms with E-state index in [-0.39, 0.29) is 12.5 Å². The maximum absolute atomic E-state index is 11.4. The third-order valence-electron chi connectivity index (χ3n) is 2.99. The number of hydrogen-bond acceptors (Lipinski definition) is 3. The van der Waals surface area contributed by atoms with Crippen molar-refractivity contribution < 1.29 is 14.3 Å². The van der Waals surface area contributed by atoms with Crippen LogP contribution in [0.4, 0.5) is 0 Å². The molecular weight excluding hydrogens is 242 g/mol. The van der Waals surface area contributed by atoms with Crippen LogP contribution < -0.4 is 5.32 Å². The molecule has 0 bridgehead atoms. The minimum atomic E-state index is -0.466. The molecule has 0 saturated heterocycles. The molecule has 19 heavy (non-hydrogen) atoms. The normalized spacial score (nSPS) is 15.1. The average molecular weight is 265 g/mol. The Hall–Kier alpha value is -1.58. The van der Waals surface area contributed by atoms with Crippen LogP contribution in [0.1, 0.15) is 45.4 Å². The molecule has 0 radical (unpaired) electrons. The smallest absolute Gasteiger partial charge is 0.330 e. The molecule has 4 nitrogen and oxygen atoms in total. The summed E-state index contributed by atoms with van der Waals surface area (Å²) in [5, 5.41) is 2.76. The Morgan fingerprint density at radius 2 is 2.26 bits per heavy atom. The van der Waals surface area contributed by atoms with E-state index in [0.29, 0.717) is 6.54 Å². The Bertz CT molecular complexity index is 358. The SMILES string of the molecule is CC/C=C/C(=O)OCC(=O)NCCC1=CCCCC1. The van der Waals surface area contributed by atoms with Crippen molar-refractivity contribution >= 4 is 11.9 Å². The standard InChI is InChI=1S/C15H23NO3/c1-2-3-9-15(18)19-12-14(17)16-11-10-13-7-5-4-6-8-13/h3,7,9H,2,4-6,8,10-12H2,1H3,(H,16,17)/b9-3+. The second kappa shape index (κ2) is 9.36. The topological polar surface area (TPSA) is 55.4 Å². The lowest BCUT2D eigenvalue weighted by atomic mass is 9.97. The highest BCUT2D eigenvalue weighted by Gasteiger charge is 2.06. The summed E-state index contributed by atoms with van der Waals surface area (Å²) in [5.41, 5.74) is 1.43. The molecule has 0 atom stereocenters. The number of ether oxygens (including phenoxy) is 1. The van der Waals surface area contributed by atoms with Crippen LogP contribution >= 0.6 is 0 Å². The quantitative estimate of drug-likeness (QED) is 0.437. The van der Waals surface area contributed by atoms with Crippen molar-refractivity contribution in [3.63, 3.8) is 0 Å². The first-order valence-corrected chi connectivity index (χ1v) is 7.00. The van der Waals surface area contributed by atoms with E-state index in [1.54, 1.807) is 6.08 Å². The molecule has 1 amide bonds. The number of amides is 1. The fourth-order valence-corrected chi connectivity index (χ4v) is 1.94. The first kappa shape index (κ1) is 15.5. The number of carbonyl (C=O) groups is 2. The van der Waals surface area contributed by atoms with Gasteiger partial charge in [-0.1, -0.05) is 24.6 Å². The Kier molecular flexibility index (Phi) is 7.63. The van der Waals surface area contributed by atoms with Gasteiger partial charge in [0.25, 0.3) is 5.91 Å². The zero-order valence-corrected chi connectivity index (χ0v) is 11.6. The Labute approximate surface area is 114 Å². The van der Waals surface area contributed by atoms with Gasteiger partial charge >= 0.3 is 5.97 Å². The predicted octanol–water partition coefficient (Wildman–Crippen LogP) is 2.50. The molecule has 0 fully saturated rings. The number of esters is 1. The Morgan fingerprint density at radius 1 is 1.42 bits per heavy atom. The molecule has 1 aliphatic carbocycles. The van der Waals surface area contributed by atoms with Crippen molar-refractivity contribution in [2.45, 2.75) is 45.4 Å². The van der Waals surface area contributed by atoms with Gasteiger partial charge in [-0.2, -0.15) is 0 Å². The maximum atomic E-state index is 11.4. The van der Waals surface area contributed by atoms with Crippen LogP contribution in [0.3, 0.4) is 0 Å². The lowest BCUT2D eigenvalue weighted by molar-refractivity contribution is -0.143. The molecule has 0 spiro atoms. The van der Waals surface area contributed by atoms with Gasteiger partial charge in [0.15, 0.2) is 6.61 Å². The summed E-state index contributed by atoms with van der Waals surface area (Å²) < 4.78 is 4.80. The predicted molar refractivity (Wildman–Crippen MR) is 74.6 cm³/mol. The molecule has 0 aromatic rings. The summed E-state index contributed by atoms with van der Waals surface area (Å²) in [6.07, 6.45) is 11.8. The van der Waals surface area contributed by atoms with Gasteiger partial charge in [-0.05, 0) is 38.5 Å². The molecule has 0 heterocycles. The van der Waals surface area contributed by atoms with Crippen LogP contribution in [0, 0.1) is 0 Å². The highest BCUT2D eigenvalue weighted by Crippen LogP contribution is 2.19. The zero-order valence-electron chi connectivity index (χ0n) is 11.6. The van der Waals surface area contributed by atoms with Crippen LogP contribution in [0.15, 0.2) is 23.8 Å². The molecule has 4 heteroatoms. The molecule has 0 aliphatic heterocycles. The third-order valence-corrected chi connectivity index (χ3v) is 2.99. The van der Waals surface area contributed by atoms with Crippen LogP contribution in [0.2, 0.25) is 0 Å². The largest absolute Gasteiger partial charge is 0.452 e. The van der Waals surface area contributed by atoms with Crippen LogP contribution in [-0.2, 0) is 14.3 Å². The highest BCUT2D eigenvalue weighted by molar-refractivity contribution is 5.85. The summed E-state index contributed by atoms with van der Waals surface area (Å²) >= 11 is 0. The average Bonchev–Trinajstić information content (AvgIpc) is 2.44. The zero-order chi connectivity index (χ0) is 13.9. The second-order valence-electron chi connectivity index (χ2n) is 4.63. The van der Waals surface area contributed by atoms with Gasteiger partial charge in [0.1, 0.15) is 0 Å². The van der Waals surface area contributed by atoms with E-state index in [1.165, 1.54) is 24.5 Å². The van der Waals surface area contributed by atoms with E-state index in [4.69, 9.17) is 4.74 Å². The first-order chi connectivity index (χ1) is 9.22. The van der Waals surface area contributed by atoms with Crippen LogP contribution in [0.25, 0.3) is 0 Å². The van der Waals surface area contributed by atoms with E-state index < -0.39 is 5.97 Å². The van der Waals surface area contributed by atoms with E-state index in [0.717, 1.165) is 25.7 Å². The number of hydrogen-bond donors (Lipinski definition) is 1. The lowest BCUT2D eigenvalue weighted by Crippen LogP contribution is -2.29. The molecule has 0 unspecified atom stereocenters. The van der Waals surface area contributed by atoms with Crippen LogP contribution in [-0.4, -0.2) is 25.0 Å². The number of nitrogens with one attached hydrogen (secondary N) is 1. The van der Waals surface area contributed by atoms with Gasteiger partial charge in [-0.25, -0.2) is 4.79 Å². The molecule has 0 saturated carbocycles. The monoisotopic (exact) mass is 265 g/mol. The van der Waals surface area contributed by atoms with E-state index >= 15 is 0 Å². The van der Waals surface area contributed by atoms with Gasteiger partial charge in [-0.15, -0.1) is 0 Å². The summed E-state index contributed by atoms with van der Waals surface area (Å²) in [5.74, 6) is -0.707. The molecule has 106 valence electrons. The van der Waals surface area contributed by atoms with Crippen molar-refractivity contribution in [3.8, 4) is 0 Å². The minimum Gasteiger partial charge on any atom is -0.452 e. The summed E-state index contributed by atoms with van der Waals surface area (Å²) in [7, 11) is 0. The molecular formula is C15H23NO3. The van der Waals surface area contributed by atoms with Gasteiger partial charge in [0.2, 0.25) is 0 Å². The van der Waals surface area contributed by atoms with E-state index in [2.05, 4.69) is 11.4 Å². The molecule has 1 N–H and O–H groups in total. The van der Waals surface area contributed by atoms with E-state index in [9.17, 15) is 9.59 Å². The van der Waals surface area contributed by atoms with Crippen LogP contribution in [0.5, 0.6) is 0 Å². The molecule has 1 rings (SSSR count). The summed E-state index contributed by atoms with van der Waals surface area (Å²) in [4.78, 5) is 22.6. The molecule has 0 aromatic heterocycles. The van der Waals surface area contributed by atoms with Gasteiger partial charge in [0.05, 0.1) is 0 Å². The molecule has 1 aliphatic rings. The summed E-state index contributed by atoms with van der Waals surface area (Å²) in [6.45, 7) is 2.34. The lowest BCUT2D eigenvalue weighted by Gasteiger charge is -2.12. The number of carbonyl (C=O) groups excluding carboxylic acids is 2. The van der Waals surface area contributed by atoms with Gasteiger partial charge in [-0.3, -0.25) is 4.79 Å². The van der Waals surface area contributed by atoms with Crippen molar-refractivity contribution in [2.75, 3.05) is 13.2 Å². The highest BCUT2D eigenvalue weighted by atomic mass is 16.5. The van der Waals surface area contributed by atoms with Crippen molar-refractivity contribution in [2.24, 2.45) is 0 Å². The fourth-order valence-electron chi connectivity index (χ4n) is 1.94. The van der Waals surface area contributed by atoms with Gasteiger partial charge < -0.3 is 10.1 Å². The Morgan fingerprint density at radius 3 is 2.95 bits per heavy atom. The number of allylic oxidation sites excluding steroid dienone is 2. The number of rotatable bonds is 7. The summed E-state index contributed by atoms with van der Waals surface area (Å²) in [6, 6.07) is 0. The van der Waals surface area contributed by atoms with E-state index in [1.807, 2.05) is 6.92 Å². The fraction of sp³-hybridized carbons (Fsp3) is 0.600. The Balaban J connectivity index is 2.09. The van der Waals surface area contributed by atoms with Crippen molar-refractivity contribution in [1.82, 2.24) is 5.32 Å². The third kappa shape index (κ3) is 7.44. The molecule has 0 aromatic carbocycles. The maximum Gasteiger partial charge on any atom is 0.330 e.